The van der Waals surface area contributed by atoms with Crippen molar-refractivity contribution in [1.82, 2.24) is 14.8 Å². The van der Waals surface area contributed by atoms with Gasteiger partial charge in [-0.1, -0.05) is 6.07 Å². The Labute approximate surface area is 120 Å². The molecule has 0 radical (unpaired) electrons. The van der Waals surface area contributed by atoms with Gasteiger partial charge in [0.25, 0.3) is 0 Å². The summed E-state index contributed by atoms with van der Waals surface area (Å²) >= 11 is 3.48. The first-order valence-corrected chi connectivity index (χ1v) is 6.92. The van der Waals surface area contributed by atoms with Gasteiger partial charge < -0.3 is 10.4 Å². The van der Waals surface area contributed by atoms with E-state index in [4.69, 9.17) is 5.11 Å². The molecule has 0 spiro atoms. The molecular formula is C13H17BrN4O. The molecule has 0 aliphatic carbocycles. The van der Waals surface area contributed by atoms with Crippen LogP contribution in [0.3, 0.4) is 0 Å². The molecule has 0 atom stereocenters. The zero-order valence-electron chi connectivity index (χ0n) is 11.0. The summed E-state index contributed by atoms with van der Waals surface area (Å²) in [6, 6.07) is 6.00. The van der Waals surface area contributed by atoms with Crippen LogP contribution in [0.1, 0.15) is 31.3 Å². The van der Waals surface area contributed by atoms with E-state index >= 15 is 0 Å². The molecule has 0 amide bonds. The number of anilines is 1. The zero-order chi connectivity index (χ0) is 13.8. The summed E-state index contributed by atoms with van der Waals surface area (Å²) in [4.78, 5) is 4.25. The topological polar surface area (TPSA) is 63.0 Å². The molecule has 1 aromatic carbocycles. The van der Waals surface area contributed by atoms with Crippen LogP contribution in [0.4, 0.5) is 5.69 Å². The van der Waals surface area contributed by atoms with E-state index in [0.29, 0.717) is 6.54 Å². The highest BCUT2D eigenvalue weighted by Gasteiger charge is 2.08. The maximum Gasteiger partial charge on any atom is 0.146 e. The number of aromatic nitrogens is 3. The second-order valence-corrected chi connectivity index (χ2v) is 5.39. The van der Waals surface area contributed by atoms with Crippen molar-refractivity contribution in [1.29, 1.82) is 0 Å². The van der Waals surface area contributed by atoms with Gasteiger partial charge in [-0.05, 0) is 47.5 Å². The third-order valence-corrected chi connectivity index (χ3v) is 3.48. The first-order chi connectivity index (χ1) is 9.11. The Bertz CT molecular complexity index is 553. The minimum Gasteiger partial charge on any atom is -0.392 e. The van der Waals surface area contributed by atoms with Crippen molar-refractivity contribution in [3.8, 4) is 0 Å². The van der Waals surface area contributed by atoms with Gasteiger partial charge in [0.05, 0.1) is 13.2 Å². The fourth-order valence-electron chi connectivity index (χ4n) is 1.81. The molecule has 0 saturated heterocycles. The third kappa shape index (κ3) is 3.33. The Morgan fingerprint density at radius 1 is 1.42 bits per heavy atom. The van der Waals surface area contributed by atoms with E-state index in [9.17, 15) is 0 Å². The van der Waals surface area contributed by atoms with Crippen molar-refractivity contribution >= 4 is 21.6 Å². The monoisotopic (exact) mass is 324 g/mol. The number of hydrogen-bond donors (Lipinski definition) is 2. The van der Waals surface area contributed by atoms with Gasteiger partial charge in [-0.3, -0.25) is 0 Å². The molecule has 2 N–H and O–H groups in total. The van der Waals surface area contributed by atoms with Crippen LogP contribution < -0.4 is 5.32 Å². The maximum absolute atomic E-state index is 9.15. The second-order valence-electron chi connectivity index (χ2n) is 4.54. The molecular weight excluding hydrogens is 308 g/mol. The van der Waals surface area contributed by atoms with Crippen molar-refractivity contribution in [2.75, 3.05) is 5.32 Å². The van der Waals surface area contributed by atoms with Gasteiger partial charge in [0, 0.05) is 16.2 Å². The highest BCUT2D eigenvalue weighted by atomic mass is 79.9. The Balaban J connectivity index is 2.12. The van der Waals surface area contributed by atoms with Gasteiger partial charge in [-0.25, -0.2) is 9.67 Å². The lowest BCUT2D eigenvalue weighted by Crippen LogP contribution is -2.12. The average molecular weight is 325 g/mol. The highest BCUT2D eigenvalue weighted by molar-refractivity contribution is 9.10. The molecule has 0 unspecified atom stereocenters. The molecule has 5 nitrogen and oxygen atoms in total. The van der Waals surface area contributed by atoms with Crippen molar-refractivity contribution in [2.24, 2.45) is 0 Å². The smallest absolute Gasteiger partial charge is 0.146 e. The molecule has 2 aromatic rings. The number of rotatable bonds is 5. The predicted molar refractivity (Wildman–Crippen MR) is 77.8 cm³/mol. The molecule has 0 aliphatic rings. The molecule has 0 aliphatic heterocycles. The van der Waals surface area contributed by atoms with Crippen molar-refractivity contribution < 1.29 is 5.11 Å². The van der Waals surface area contributed by atoms with E-state index in [2.05, 4.69) is 45.2 Å². The number of hydrogen-bond acceptors (Lipinski definition) is 4. The van der Waals surface area contributed by atoms with Crippen molar-refractivity contribution in [2.45, 2.75) is 33.0 Å². The van der Waals surface area contributed by atoms with Gasteiger partial charge in [0.2, 0.25) is 0 Å². The highest BCUT2D eigenvalue weighted by Crippen LogP contribution is 2.24. The van der Waals surface area contributed by atoms with E-state index in [0.717, 1.165) is 21.5 Å². The largest absolute Gasteiger partial charge is 0.392 e. The summed E-state index contributed by atoms with van der Waals surface area (Å²) in [6.07, 6.45) is 1.57. The predicted octanol–water partition coefficient (Wildman–Crippen LogP) is 2.73. The minimum atomic E-state index is 0.0319. The quantitative estimate of drug-likeness (QED) is 0.887. The van der Waals surface area contributed by atoms with E-state index in [1.165, 1.54) is 0 Å². The molecule has 0 fully saturated rings. The summed E-state index contributed by atoms with van der Waals surface area (Å²) < 4.78 is 2.84. The molecule has 1 heterocycles. The van der Waals surface area contributed by atoms with E-state index < -0.39 is 0 Å². The van der Waals surface area contributed by atoms with Crippen LogP contribution in [0.15, 0.2) is 29.0 Å². The molecule has 102 valence electrons. The fraction of sp³-hybridized carbons (Fsp3) is 0.385. The van der Waals surface area contributed by atoms with E-state index in [1.54, 1.807) is 6.33 Å². The number of aliphatic hydroxyl groups excluding tert-OH is 1. The number of aliphatic hydroxyl groups is 1. The Hall–Kier alpha value is -1.40. The summed E-state index contributed by atoms with van der Waals surface area (Å²) in [5.41, 5.74) is 1.81. The lowest BCUT2D eigenvalue weighted by atomic mass is 10.2. The number of halogens is 1. The first kappa shape index (κ1) is 14.0. The van der Waals surface area contributed by atoms with Gasteiger partial charge in [-0.15, -0.1) is 0 Å². The van der Waals surface area contributed by atoms with Crippen LogP contribution in [0.5, 0.6) is 0 Å². The van der Waals surface area contributed by atoms with Crippen LogP contribution in [-0.2, 0) is 13.2 Å². The van der Waals surface area contributed by atoms with E-state index in [-0.39, 0.29) is 12.6 Å². The molecule has 0 bridgehead atoms. The third-order valence-electron chi connectivity index (χ3n) is 2.79. The minimum absolute atomic E-state index is 0.0319. The van der Waals surface area contributed by atoms with Gasteiger partial charge in [0.15, 0.2) is 0 Å². The van der Waals surface area contributed by atoms with Crippen LogP contribution in [0, 0.1) is 0 Å². The van der Waals surface area contributed by atoms with Gasteiger partial charge in [0.1, 0.15) is 12.2 Å². The van der Waals surface area contributed by atoms with Crippen LogP contribution >= 0.6 is 15.9 Å². The SMILES string of the molecule is CC(C)n1ncnc1CNc1cc(CO)ccc1Br. The lowest BCUT2D eigenvalue weighted by molar-refractivity contribution is 0.282. The molecule has 2 rings (SSSR count). The summed E-state index contributed by atoms with van der Waals surface area (Å²) in [5, 5.41) is 16.7. The Morgan fingerprint density at radius 2 is 2.21 bits per heavy atom. The van der Waals surface area contributed by atoms with Crippen LogP contribution in [-0.4, -0.2) is 19.9 Å². The van der Waals surface area contributed by atoms with Crippen molar-refractivity contribution in [3.63, 3.8) is 0 Å². The first-order valence-electron chi connectivity index (χ1n) is 6.13. The Kier molecular flexibility index (Phi) is 4.55. The molecule has 0 saturated carbocycles. The maximum atomic E-state index is 9.15. The number of nitrogens with one attached hydrogen (secondary N) is 1. The standard InChI is InChI=1S/C13H17BrN4O/c1-9(2)18-13(16-8-17-18)6-15-12-5-10(7-19)3-4-11(12)14/h3-5,8-9,15,19H,6-7H2,1-2H3. The van der Waals surface area contributed by atoms with Gasteiger partial charge in [-0.2, -0.15) is 5.10 Å². The summed E-state index contributed by atoms with van der Waals surface area (Å²) in [6.45, 7) is 4.76. The molecule has 1 aromatic heterocycles. The molecule has 6 heteroatoms. The summed E-state index contributed by atoms with van der Waals surface area (Å²) in [5.74, 6) is 0.885. The zero-order valence-corrected chi connectivity index (χ0v) is 12.6. The van der Waals surface area contributed by atoms with E-state index in [1.807, 2.05) is 22.9 Å². The van der Waals surface area contributed by atoms with Crippen LogP contribution in [0.2, 0.25) is 0 Å². The number of benzene rings is 1. The fourth-order valence-corrected chi connectivity index (χ4v) is 2.20. The average Bonchev–Trinajstić information content (AvgIpc) is 2.86. The lowest BCUT2D eigenvalue weighted by Gasteiger charge is -2.12. The normalized spacial score (nSPS) is 11.0. The van der Waals surface area contributed by atoms with Gasteiger partial charge >= 0.3 is 0 Å². The van der Waals surface area contributed by atoms with Crippen LogP contribution in [0.25, 0.3) is 0 Å². The summed E-state index contributed by atoms with van der Waals surface area (Å²) in [7, 11) is 0. The molecule has 19 heavy (non-hydrogen) atoms. The number of nitrogens with zero attached hydrogens (tertiary/aromatic N) is 3. The Morgan fingerprint density at radius 3 is 2.89 bits per heavy atom. The van der Waals surface area contributed by atoms with Crippen molar-refractivity contribution in [3.05, 3.63) is 40.4 Å². The second kappa shape index (κ2) is 6.16.